The summed E-state index contributed by atoms with van der Waals surface area (Å²) < 4.78 is 15.3. The van der Waals surface area contributed by atoms with E-state index in [1.165, 1.54) is 96.3 Å². The van der Waals surface area contributed by atoms with Gasteiger partial charge in [0.1, 0.15) is 0 Å². The van der Waals surface area contributed by atoms with Crippen LogP contribution in [-0.2, 0) is 13.9 Å². The summed E-state index contributed by atoms with van der Waals surface area (Å²) in [5.41, 5.74) is 0. The predicted molar refractivity (Wildman–Crippen MR) is 166 cm³/mol. The van der Waals surface area contributed by atoms with E-state index in [1.807, 2.05) is 6.08 Å². The van der Waals surface area contributed by atoms with Crippen LogP contribution in [0.2, 0.25) is 0 Å². The van der Waals surface area contributed by atoms with Crippen LogP contribution in [0.5, 0.6) is 0 Å². The van der Waals surface area contributed by atoms with Gasteiger partial charge in [0.15, 0.2) is 0 Å². The summed E-state index contributed by atoms with van der Waals surface area (Å²) in [6.45, 7) is 3.87. The number of carbonyl (C=O) groups is 1. The maximum atomic E-state index is 12.4. The van der Waals surface area contributed by atoms with Gasteiger partial charge in [0, 0.05) is 6.42 Å². The molecule has 0 heterocycles. The van der Waals surface area contributed by atoms with E-state index in [1.54, 1.807) is 6.08 Å². The monoisotopic (exact) mass is 595 g/mol. The van der Waals surface area contributed by atoms with Crippen LogP contribution in [0.4, 0.5) is 0 Å². The third kappa shape index (κ3) is 31.7. The summed E-state index contributed by atoms with van der Waals surface area (Å²) >= 11 is 0. The molecular weight excluding hydrogens is 529 g/mol. The van der Waals surface area contributed by atoms with Crippen LogP contribution < -0.4 is 27.4 Å². The van der Waals surface area contributed by atoms with Gasteiger partial charge in [-0.25, -0.2) is 0 Å². The Hall–Kier alpha value is -0.800. The van der Waals surface area contributed by atoms with Gasteiger partial charge in [0.2, 0.25) is 5.91 Å². The number of phosphoric ester groups is 1. The van der Waals surface area contributed by atoms with Gasteiger partial charge in [-0.1, -0.05) is 142 Å². The zero-order chi connectivity index (χ0) is 28.3. The van der Waals surface area contributed by atoms with E-state index in [-0.39, 0.29) is 18.2 Å². The quantitative estimate of drug-likeness (QED) is 0.0408. The normalized spacial score (nSPS) is 13.0. The average molecular weight is 596 g/mol. The van der Waals surface area contributed by atoms with Crippen molar-refractivity contribution in [2.24, 2.45) is 0 Å². The SMILES string of the molecule is CCCCCCCCCCCCC/C=C/[C@@H](O)[C@H](COP(=O)([O-])[O-])NC(=O)CCCCCCCCCCC.[NH4+].[NH4+]. The van der Waals surface area contributed by atoms with E-state index in [0.29, 0.717) is 6.42 Å². The molecule has 9 nitrogen and oxygen atoms in total. The first-order chi connectivity index (χ1) is 18.3. The fraction of sp³-hybridized carbons (Fsp3) is 0.900. The lowest BCUT2D eigenvalue weighted by Crippen LogP contribution is -2.46. The summed E-state index contributed by atoms with van der Waals surface area (Å²) in [4.78, 5) is 34.2. The number of nitrogens with one attached hydrogen (secondary N) is 1. The van der Waals surface area contributed by atoms with Crippen LogP contribution in [0.1, 0.15) is 155 Å². The summed E-state index contributed by atoms with van der Waals surface area (Å²) in [6, 6.07) is -0.981. The molecule has 0 aliphatic carbocycles. The van der Waals surface area contributed by atoms with Gasteiger partial charge in [0.05, 0.1) is 26.6 Å². The predicted octanol–water partition coefficient (Wildman–Crippen LogP) is 7.61. The number of allylic oxidation sites excluding steroid dienone is 1. The Morgan fingerprint density at radius 2 is 1.15 bits per heavy atom. The van der Waals surface area contributed by atoms with Crippen LogP contribution in [0.25, 0.3) is 0 Å². The fourth-order valence-electron chi connectivity index (χ4n) is 4.57. The largest absolute Gasteiger partial charge is 0.790 e. The van der Waals surface area contributed by atoms with Gasteiger partial charge in [-0.2, -0.15) is 0 Å². The lowest BCUT2D eigenvalue weighted by molar-refractivity contribution is -0.342. The summed E-state index contributed by atoms with van der Waals surface area (Å²) in [7, 11) is -5.19. The van der Waals surface area contributed by atoms with Gasteiger partial charge in [-0.05, 0) is 19.3 Å². The highest BCUT2D eigenvalue weighted by molar-refractivity contribution is 7.43. The molecule has 0 aliphatic heterocycles. The molecule has 0 spiro atoms. The molecule has 0 radical (unpaired) electrons. The number of hydrogen-bond acceptors (Lipinski definition) is 6. The molecule has 0 unspecified atom stereocenters. The molecule has 0 aliphatic rings. The van der Waals surface area contributed by atoms with Gasteiger partial charge in [-0.15, -0.1) is 0 Å². The first-order valence-corrected chi connectivity index (χ1v) is 17.1. The molecule has 0 bridgehead atoms. The van der Waals surface area contributed by atoms with Crippen LogP contribution in [0.3, 0.4) is 0 Å². The number of unbranched alkanes of at least 4 members (excludes halogenated alkanes) is 19. The van der Waals surface area contributed by atoms with Crippen molar-refractivity contribution in [1.29, 1.82) is 0 Å². The maximum Gasteiger partial charge on any atom is 0.220 e. The molecule has 242 valence electrons. The number of aliphatic hydroxyl groups excluding tert-OH is 1. The molecular formula is C30H66N3O6P. The number of quaternary nitrogens is 2. The minimum Gasteiger partial charge on any atom is -0.790 e. The topological polar surface area (TPSA) is 195 Å². The van der Waals surface area contributed by atoms with Crippen LogP contribution in [0, 0.1) is 0 Å². The molecule has 10 N–H and O–H groups in total. The Labute approximate surface area is 246 Å². The number of phosphoric acid groups is 1. The summed E-state index contributed by atoms with van der Waals surface area (Å²) in [5, 5.41) is 13.1. The fourth-order valence-corrected chi connectivity index (χ4v) is 4.91. The van der Waals surface area contributed by atoms with Crippen molar-refractivity contribution in [3.05, 3.63) is 12.2 Å². The van der Waals surface area contributed by atoms with Crippen LogP contribution in [0.15, 0.2) is 12.2 Å². The van der Waals surface area contributed by atoms with Crippen LogP contribution in [-0.4, -0.2) is 29.8 Å². The van der Waals surface area contributed by atoms with Crippen molar-refractivity contribution in [2.75, 3.05) is 6.61 Å². The highest BCUT2D eigenvalue weighted by Gasteiger charge is 2.20. The molecule has 40 heavy (non-hydrogen) atoms. The number of hydrogen-bond donors (Lipinski definition) is 4. The molecule has 0 aromatic heterocycles. The first kappa shape index (κ1) is 43.7. The number of carbonyl (C=O) groups excluding carboxylic acids is 1. The van der Waals surface area contributed by atoms with E-state index in [4.69, 9.17) is 0 Å². The number of rotatable bonds is 28. The van der Waals surface area contributed by atoms with Crippen molar-refractivity contribution in [3.8, 4) is 0 Å². The second kappa shape index (κ2) is 31.1. The van der Waals surface area contributed by atoms with Crippen molar-refractivity contribution < 1.29 is 28.8 Å². The Balaban J connectivity index is -0.00000684. The van der Waals surface area contributed by atoms with Crippen LogP contribution >= 0.6 is 7.82 Å². The van der Waals surface area contributed by atoms with E-state index in [2.05, 4.69) is 23.7 Å². The van der Waals surface area contributed by atoms with E-state index in [9.17, 15) is 24.3 Å². The molecule has 0 aromatic carbocycles. The highest BCUT2D eigenvalue weighted by atomic mass is 31.2. The minimum atomic E-state index is -5.19. The minimum absolute atomic E-state index is 0. The lowest BCUT2D eigenvalue weighted by atomic mass is 10.0. The standard InChI is InChI=1S/C30H60NO6P.2H3N/c1-3-5-7-9-11-13-14-15-16-18-19-21-23-25-29(32)28(27-37-38(34,35)36)31-30(33)26-24-22-20-17-12-10-8-6-4-2;;/h23,25,28-29,32H,3-22,24,26-27H2,1-2H3,(H,31,33)(H2,34,35,36);2*1H3/b25-23+;;/t28-,29+;;/m0../s1. The molecule has 0 saturated heterocycles. The Morgan fingerprint density at radius 3 is 1.57 bits per heavy atom. The van der Waals surface area contributed by atoms with Gasteiger partial charge in [-0.3, -0.25) is 4.79 Å². The molecule has 1 amide bonds. The smallest absolute Gasteiger partial charge is 0.220 e. The molecule has 0 rings (SSSR count). The third-order valence-electron chi connectivity index (χ3n) is 6.99. The molecule has 0 aromatic rings. The molecule has 10 heteroatoms. The number of amides is 1. The Morgan fingerprint density at radius 1 is 0.750 bits per heavy atom. The second-order valence-electron chi connectivity index (χ2n) is 10.7. The second-order valence-corrected chi connectivity index (χ2v) is 11.9. The Bertz CT molecular complexity index is 618. The summed E-state index contributed by atoms with van der Waals surface area (Å²) in [5.74, 6) is -0.272. The van der Waals surface area contributed by atoms with E-state index >= 15 is 0 Å². The maximum absolute atomic E-state index is 12.4. The zero-order valence-corrected chi connectivity index (χ0v) is 27.4. The van der Waals surface area contributed by atoms with E-state index in [0.717, 1.165) is 38.5 Å². The zero-order valence-electron chi connectivity index (χ0n) is 26.5. The lowest BCUT2D eigenvalue weighted by Gasteiger charge is -2.32. The molecule has 0 fully saturated rings. The van der Waals surface area contributed by atoms with E-state index < -0.39 is 26.6 Å². The van der Waals surface area contributed by atoms with Crippen molar-refractivity contribution in [3.63, 3.8) is 0 Å². The summed E-state index contributed by atoms with van der Waals surface area (Å²) in [6.07, 6.45) is 27.6. The van der Waals surface area contributed by atoms with Gasteiger partial charge >= 0.3 is 0 Å². The highest BCUT2D eigenvalue weighted by Crippen LogP contribution is 2.25. The molecule has 0 saturated carbocycles. The van der Waals surface area contributed by atoms with Gasteiger partial charge < -0.3 is 41.6 Å². The third-order valence-corrected chi connectivity index (χ3v) is 7.45. The number of aliphatic hydroxyl groups is 1. The molecule has 2 atom stereocenters. The van der Waals surface area contributed by atoms with Crippen molar-refractivity contribution >= 4 is 13.7 Å². The average Bonchev–Trinajstić information content (AvgIpc) is 2.87. The Kier molecular flexibility index (Phi) is 34.0. The van der Waals surface area contributed by atoms with Crippen molar-refractivity contribution in [2.45, 2.75) is 167 Å². The first-order valence-electron chi connectivity index (χ1n) is 15.6. The van der Waals surface area contributed by atoms with Gasteiger partial charge in [0.25, 0.3) is 0 Å². The van der Waals surface area contributed by atoms with Crippen molar-refractivity contribution in [1.82, 2.24) is 17.6 Å².